The number of rotatable bonds is 3. The van der Waals surface area contributed by atoms with Crippen LogP contribution in [-0.2, 0) is 4.79 Å². The van der Waals surface area contributed by atoms with E-state index in [1.54, 1.807) is 7.05 Å². The summed E-state index contributed by atoms with van der Waals surface area (Å²) < 4.78 is 11.7. The first-order chi connectivity index (χ1) is 5.27. The number of alkyl halides is 1. The standard InChI is InChI=1S/C7H13FN2O/c1-9-7(11)6-4-10(5-6)3-2-8/h6H,2-5H2,1H3,(H,9,11). The van der Waals surface area contributed by atoms with E-state index >= 15 is 0 Å². The molecule has 1 rings (SSSR count). The lowest BCUT2D eigenvalue weighted by atomic mass is 10.00. The molecule has 0 aliphatic carbocycles. The van der Waals surface area contributed by atoms with E-state index in [0.717, 1.165) is 0 Å². The smallest absolute Gasteiger partial charge is 0.225 e. The molecule has 1 saturated heterocycles. The highest BCUT2D eigenvalue weighted by molar-refractivity contribution is 5.79. The first kappa shape index (κ1) is 8.46. The Kier molecular flexibility index (Phi) is 2.82. The summed E-state index contributed by atoms with van der Waals surface area (Å²) >= 11 is 0. The van der Waals surface area contributed by atoms with Gasteiger partial charge in [-0.15, -0.1) is 0 Å². The van der Waals surface area contributed by atoms with E-state index in [1.165, 1.54) is 0 Å². The third-order valence-corrected chi connectivity index (χ3v) is 1.98. The van der Waals surface area contributed by atoms with Crippen molar-refractivity contribution < 1.29 is 9.18 Å². The molecule has 4 heteroatoms. The van der Waals surface area contributed by atoms with Gasteiger partial charge in [-0.25, -0.2) is 4.39 Å². The van der Waals surface area contributed by atoms with Gasteiger partial charge in [0.25, 0.3) is 0 Å². The molecule has 0 saturated carbocycles. The van der Waals surface area contributed by atoms with Gasteiger partial charge in [0.15, 0.2) is 0 Å². The molecule has 1 fully saturated rings. The van der Waals surface area contributed by atoms with Crippen LogP contribution in [0.3, 0.4) is 0 Å². The molecular formula is C7H13FN2O. The summed E-state index contributed by atoms with van der Waals surface area (Å²) in [6.07, 6.45) is 0. The van der Waals surface area contributed by atoms with Crippen LogP contribution in [0.5, 0.6) is 0 Å². The number of halogens is 1. The minimum atomic E-state index is -0.319. The van der Waals surface area contributed by atoms with Crippen molar-refractivity contribution in [3.63, 3.8) is 0 Å². The number of carbonyl (C=O) groups is 1. The van der Waals surface area contributed by atoms with Crippen LogP contribution in [0, 0.1) is 5.92 Å². The maximum atomic E-state index is 11.7. The molecule has 0 unspecified atom stereocenters. The molecule has 0 aromatic rings. The molecule has 1 heterocycles. The molecule has 0 aromatic carbocycles. The van der Waals surface area contributed by atoms with E-state index in [9.17, 15) is 9.18 Å². The Morgan fingerprint density at radius 1 is 1.73 bits per heavy atom. The molecule has 11 heavy (non-hydrogen) atoms. The summed E-state index contributed by atoms with van der Waals surface area (Å²) in [7, 11) is 1.63. The van der Waals surface area contributed by atoms with Gasteiger partial charge < -0.3 is 5.32 Å². The maximum absolute atomic E-state index is 11.7. The SMILES string of the molecule is CNC(=O)C1CN(CCF)C1. The van der Waals surface area contributed by atoms with Crippen LogP contribution in [0.25, 0.3) is 0 Å². The summed E-state index contributed by atoms with van der Waals surface area (Å²) in [6, 6.07) is 0. The number of nitrogens with zero attached hydrogens (tertiary/aromatic N) is 1. The van der Waals surface area contributed by atoms with Crippen LogP contribution < -0.4 is 5.32 Å². The predicted molar refractivity (Wildman–Crippen MR) is 40.0 cm³/mol. The van der Waals surface area contributed by atoms with Gasteiger partial charge >= 0.3 is 0 Å². The molecule has 3 nitrogen and oxygen atoms in total. The average Bonchev–Trinajstić information content (AvgIpc) is 1.94. The second-order valence-corrected chi connectivity index (χ2v) is 2.76. The first-order valence-corrected chi connectivity index (χ1v) is 3.78. The largest absolute Gasteiger partial charge is 0.359 e. The number of hydrogen-bond acceptors (Lipinski definition) is 2. The molecule has 0 aromatic heterocycles. The molecule has 1 aliphatic heterocycles. The molecular weight excluding hydrogens is 147 g/mol. The van der Waals surface area contributed by atoms with Crippen molar-refractivity contribution >= 4 is 5.91 Å². The van der Waals surface area contributed by atoms with Crippen LogP contribution in [-0.4, -0.2) is 44.2 Å². The van der Waals surface area contributed by atoms with Crippen molar-refractivity contribution in [2.24, 2.45) is 5.92 Å². The topological polar surface area (TPSA) is 32.3 Å². The Labute approximate surface area is 65.6 Å². The van der Waals surface area contributed by atoms with Crippen molar-refractivity contribution in [3.05, 3.63) is 0 Å². The quantitative estimate of drug-likeness (QED) is 0.611. The van der Waals surface area contributed by atoms with Crippen molar-refractivity contribution in [2.45, 2.75) is 0 Å². The number of carbonyl (C=O) groups excluding carboxylic acids is 1. The van der Waals surface area contributed by atoms with E-state index in [2.05, 4.69) is 5.32 Å². The maximum Gasteiger partial charge on any atom is 0.225 e. The van der Waals surface area contributed by atoms with Crippen LogP contribution in [0.2, 0.25) is 0 Å². The Bertz CT molecular complexity index is 145. The number of hydrogen-bond donors (Lipinski definition) is 1. The van der Waals surface area contributed by atoms with Crippen molar-refractivity contribution in [2.75, 3.05) is 33.4 Å². The second-order valence-electron chi connectivity index (χ2n) is 2.76. The fourth-order valence-electron chi connectivity index (χ4n) is 1.24. The number of nitrogens with one attached hydrogen (secondary N) is 1. The summed E-state index contributed by atoms with van der Waals surface area (Å²) in [5.74, 6) is 0.159. The fourth-order valence-corrected chi connectivity index (χ4v) is 1.24. The van der Waals surface area contributed by atoms with Gasteiger partial charge in [-0.3, -0.25) is 9.69 Å². The zero-order chi connectivity index (χ0) is 8.27. The Morgan fingerprint density at radius 3 is 2.82 bits per heavy atom. The minimum absolute atomic E-state index is 0.0695. The van der Waals surface area contributed by atoms with E-state index in [1.807, 2.05) is 4.90 Å². The van der Waals surface area contributed by atoms with Crippen molar-refractivity contribution in [3.8, 4) is 0 Å². The summed E-state index contributed by atoms with van der Waals surface area (Å²) in [5, 5.41) is 2.57. The highest BCUT2D eigenvalue weighted by atomic mass is 19.1. The summed E-state index contributed by atoms with van der Waals surface area (Å²) in [6.45, 7) is 1.57. The highest BCUT2D eigenvalue weighted by Gasteiger charge is 2.31. The predicted octanol–water partition coefficient (Wildman–Crippen LogP) is -0.366. The Morgan fingerprint density at radius 2 is 2.36 bits per heavy atom. The second kappa shape index (κ2) is 3.67. The average molecular weight is 160 g/mol. The zero-order valence-corrected chi connectivity index (χ0v) is 6.64. The van der Waals surface area contributed by atoms with Gasteiger partial charge in [-0.05, 0) is 0 Å². The number of amides is 1. The summed E-state index contributed by atoms with van der Waals surface area (Å²) in [5.41, 5.74) is 0. The van der Waals surface area contributed by atoms with Crippen molar-refractivity contribution in [1.29, 1.82) is 0 Å². The third kappa shape index (κ3) is 1.89. The van der Waals surface area contributed by atoms with Gasteiger partial charge in [-0.2, -0.15) is 0 Å². The van der Waals surface area contributed by atoms with Crippen LogP contribution in [0.4, 0.5) is 4.39 Å². The zero-order valence-electron chi connectivity index (χ0n) is 6.64. The molecule has 1 amide bonds. The Hall–Kier alpha value is -0.640. The van der Waals surface area contributed by atoms with Crippen LogP contribution in [0.15, 0.2) is 0 Å². The van der Waals surface area contributed by atoms with E-state index in [-0.39, 0.29) is 18.5 Å². The first-order valence-electron chi connectivity index (χ1n) is 3.78. The van der Waals surface area contributed by atoms with Crippen LogP contribution >= 0.6 is 0 Å². The van der Waals surface area contributed by atoms with E-state index < -0.39 is 0 Å². The highest BCUT2D eigenvalue weighted by Crippen LogP contribution is 2.14. The van der Waals surface area contributed by atoms with Gasteiger partial charge in [0.2, 0.25) is 5.91 Å². The van der Waals surface area contributed by atoms with Crippen LogP contribution in [0.1, 0.15) is 0 Å². The monoisotopic (exact) mass is 160 g/mol. The molecule has 0 bridgehead atoms. The Balaban J connectivity index is 2.13. The molecule has 0 atom stereocenters. The van der Waals surface area contributed by atoms with Crippen molar-refractivity contribution in [1.82, 2.24) is 10.2 Å². The molecule has 0 radical (unpaired) electrons. The van der Waals surface area contributed by atoms with Gasteiger partial charge in [0.1, 0.15) is 6.67 Å². The molecule has 0 spiro atoms. The summed E-state index contributed by atoms with van der Waals surface area (Å²) in [4.78, 5) is 12.8. The lowest BCUT2D eigenvalue weighted by molar-refractivity contribution is -0.129. The number of likely N-dealkylation sites (tertiary alicyclic amines) is 1. The lowest BCUT2D eigenvalue weighted by Crippen LogP contribution is -2.53. The lowest BCUT2D eigenvalue weighted by Gasteiger charge is -2.37. The van der Waals surface area contributed by atoms with Gasteiger partial charge in [0, 0.05) is 26.7 Å². The molecule has 1 aliphatic rings. The fraction of sp³-hybridized carbons (Fsp3) is 0.857. The minimum Gasteiger partial charge on any atom is -0.359 e. The van der Waals surface area contributed by atoms with E-state index in [0.29, 0.717) is 19.6 Å². The normalized spacial score (nSPS) is 19.5. The third-order valence-electron chi connectivity index (χ3n) is 1.98. The van der Waals surface area contributed by atoms with Gasteiger partial charge in [-0.1, -0.05) is 0 Å². The molecule has 1 N–H and O–H groups in total. The van der Waals surface area contributed by atoms with Gasteiger partial charge in [0.05, 0.1) is 5.92 Å². The molecule has 64 valence electrons. The van der Waals surface area contributed by atoms with E-state index in [4.69, 9.17) is 0 Å².